The van der Waals surface area contributed by atoms with E-state index >= 15 is 0 Å². The Morgan fingerprint density at radius 2 is 2.00 bits per heavy atom. The molecule has 1 aromatic heterocycles. The fourth-order valence-corrected chi connectivity index (χ4v) is 1.55. The van der Waals surface area contributed by atoms with Crippen LogP contribution in [0.3, 0.4) is 0 Å². The van der Waals surface area contributed by atoms with Crippen molar-refractivity contribution in [2.45, 2.75) is 12.2 Å². The topological polar surface area (TPSA) is 96.7 Å². The van der Waals surface area contributed by atoms with Crippen molar-refractivity contribution in [1.29, 1.82) is 0 Å². The number of nitrogens with two attached hydrogens (primary N) is 1. The third-order valence-electron chi connectivity index (χ3n) is 2.42. The summed E-state index contributed by atoms with van der Waals surface area (Å²) in [4.78, 5) is 10.8. The van der Waals surface area contributed by atoms with Crippen molar-refractivity contribution in [2.24, 2.45) is 5.73 Å². The van der Waals surface area contributed by atoms with Gasteiger partial charge in [-0.25, -0.2) is 0 Å². The third kappa shape index (κ3) is 1.66. The molecule has 2 unspecified atom stereocenters. The molecule has 0 aliphatic rings. The second-order valence-corrected chi connectivity index (χ2v) is 3.48. The van der Waals surface area contributed by atoms with Gasteiger partial charge in [0.05, 0.1) is 6.26 Å². The van der Waals surface area contributed by atoms with Gasteiger partial charge in [0.1, 0.15) is 11.7 Å². The molecule has 5 heteroatoms. The van der Waals surface area contributed by atoms with Crippen molar-refractivity contribution in [2.75, 3.05) is 0 Å². The summed E-state index contributed by atoms with van der Waals surface area (Å²) < 4.78 is 5.18. The van der Waals surface area contributed by atoms with Crippen LogP contribution in [0.2, 0.25) is 0 Å². The van der Waals surface area contributed by atoms with E-state index in [0.29, 0.717) is 16.5 Å². The van der Waals surface area contributed by atoms with Crippen molar-refractivity contribution in [3.05, 3.63) is 36.1 Å². The SMILES string of the molecule is NC(=O)C(O)C(O)c1coc2ccccc12. The molecule has 2 atom stereocenters. The molecular formula is C11H11NO4. The van der Waals surface area contributed by atoms with E-state index in [0.717, 1.165) is 0 Å². The zero-order valence-electron chi connectivity index (χ0n) is 8.33. The summed E-state index contributed by atoms with van der Waals surface area (Å²) in [5.41, 5.74) is 5.83. The maximum atomic E-state index is 10.8. The summed E-state index contributed by atoms with van der Waals surface area (Å²) in [6, 6.07) is 7.00. The predicted molar refractivity (Wildman–Crippen MR) is 56.4 cm³/mol. The minimum Gasteiger partial charge on any atom is -0.464 e. The zero-order chi connectivity index (χ0) is 11.7. The molecule has 1 aromatic carbocycles. The third-order valence-corrected chi connectivity index (χ3v) is 2.42. The first-order chi connectivity index (χ1) is 7.61. The number of primary amides is 1. The molecule has 0 radical (unpaired) electrons. The normalized spacial score (nSPS) is 14.9. The Kier molecular flexibility index (Phi) is 2.64. The molecule has 0 bridgehead atoms. The van der Waals surface area contributed by atoms with E-state index in [1.807, 2.05) is 0 Å². The summed E-state index contributed by atoms with van der Waals surface area (Å²) in [5.74, 6) is -0.974. The number of aliphatic hydroxyl groups is 2. The molecule has 2 rings (SSSR count). The number of rotatable bonds is 3. The first-order valence-corrected chi connectivity index (χ1v) is 4.73. The molecule has 2 aromatic rings. The van der Waals surface area contributed by atoms with Gasteiger partial charge in [0.15, 0.2) is 6.10 Å². The number of para-hydroxylation sites is 1. The van der Waals surface area contributed by atoms with Gasteiger partial charge in [0.2, 0.25) is 5.91 Å². The summed E-state index contributed by atoms with van der Waals surface area (Å²) in [6.07, 6.45) is -1.70. The second kappa shape index (κ2) is 3.96. The first kappa shape index (κ1) is 10.7. The Balaban J connectivity index is 2.44. The van der Waals surface area contributed by atoms with Crippen LogP contribution in [0.1, 0.15) is 11.7 Å². The van der Waals surface area contributed by atoms with E-state index in [1.54, 1.807) is 24.3 Å². The molecule has 1 heterocycles. The molecule has 0 aliphatic carbocycles. The van der Waals surface area contributed by atoms with Crippen LogP contribution in [0.4, 0.5) is 0 Å². The van der Waals surface area contributed by atoms with Crippen molar-refractivity contribution in [3.63, 3.8) is 0 Å². The van der Waals surface area contributed by atoms with Gasteiger partial charge in [-0.3, -0.25) is 4.79 Å². The second-order valence-electron chi connectivity index (χ2n) is 3.48. The Labute approximate surface area is 91.1 Å². The number of benzene rings is 1. The molecule has 0 aliphatic heterocycles. The predicted octanol–water partition coefficient (Wildman–Crippen LogP) is 0.312. The number of carbonyl (C=O) groups is 1. The lowest BCUT2D eigenvalue weighted by Gasteiger charge is -2.13. The molecule has 0 saturated carbocycles. The Hall–Kier alpha value is -1.85. The highest BCUT2D eigenvalue weighted by Gasteiger charge is 2.26. The van der Waals surface area contributed by atoms with Gasteiger partial charge >= 0.3 is 0 Å². The highest BCUT2D eigenvalue weighted by molar-refractivity contribution is 5.84. The van der Waals surface area contributed by atoms with Gasteiger partial charge in [-0.2, -0.15) is 0 Å². The van der Waals surface area contributed by atoms with Gasteiger partial charge in [-0.05, 0) is 6.07 Å². The van der Waals surface area contributed by atoms with E-state index in [1.165, 1.54) is 6.26 Å². The van der Waals surface area contributed by atoms with E-state index in [-0.39, 0.29) is 0 Å². The molecule has 5 nitrogen and oxygen atoms in total. The molecule has 0 saturated heterocycles. The number of amides is 1. The highest BCUT2D eigenvalue weighted by Crippen LogP contribution is 2.27. The lowest BCUT2D eigenvalue weighted by Crippen LogP contribution is -2.33. The van der Waals surface area contributed by atoms with Crippen LogP contribution < -0.4 is 5.73 Å². The fraction of sp³-hybridized carbons (Fsp3) is 0.182. The van der Waals surface area contributed by atoms with Gasteiger partial charge in [0, 0.05) is 10.9 Å². The zero-order valence-corrected chi connectivity index (χ0v) is 8.33. The summed E-state index contributed by atoms with van der Waals surface area (Å²) >= 11 is 0. The Morgan fingerprint density at radius 1 is 1.31 bits per heavy atom. The van der Waals surface area contributed by atoms with E-state index < -0.39 is 18.1 Å². The highest BCUT2D eigenvalue weighted by atomic mass is 16.3. The first-order valence-electron chi connectivity index (χ1n) is 4.73. The maximum absolute atomic E-state index is 10.8. The largest absolute Gasteiger partial charge is 0.464 e. The summed E-state index contributed by atoms with van der Waals surface area (Å²) in [7, 11) is 0. The molecule has 84 valence electrons. The molecule has 4 N–H and O–H groups in total. The minimum absolute atomic E-state index is 0.349. The Bertz CT molecular complexity index is 519. The van der Waals surface area contributed by atoms with Gasteiger partial charge in [-0.1, -0.05) is 18.2 Å². The van der Waals surface area contributed by atoms with Crippen LogP contribution >= 0.6 is 0 Å². The van der Waals surface area contributed by atoms with Crippen LogP contribution in [-0.2, 0) is 4.79 Å². The molecular weight excluding hydrogens is 210 g/mol. The lowest BCUT2D eigenvalue weighted by molar-refractivity contribution is -0.131. The fourth-order valence-electron chi connectivity index (χ4n) is 1.55. The van der Waals surface area contributed by atoms with Gasteiger partial charge in [0.25, 0.3) is 0 Å². The van der Waals surface area contributed by atoms with Crippen molar-refractivity contribution in [3.8, 4) is 0 Å². The average Bonchev–Trinajstić information content (AvgIpc) is 2.70. The van der Waals surface area contributed by atoms with Crippen LogP contribution in [0.15, 0.2) is 34.9 Å². The molecule has 0 fully saturated rings. The van der Waals surface area contributed by atoms with Crippen LogP contribution in [-0.4, -0.2) is 22.2 Å². The smallest absolute Gasteiger partial charge is 0.249 e. The summed E-state index contributed by atoms with van der Waals surface area (Å²) in [5, 5.41) is 19.7. The average molecular weight is 221 g/mol. The molecule has 0 spiro atoms. The van der Waals surface area contributed by atoms with E-state index in [4.69, 9.17) is 10.2 Å². The monoisotopic (exact) mass is 221 g/mol. The van der Waals surface area contributed by atoms with Gasteiger partial charge in [-0.15, -0.1) is 0 Å². The van der Waals surface area contributed by atoms with Crippen molar-refractivity contribution < 1.29 is 19.4 Å². The van der Waals surface area contributed by atoms with Crippen molar-refractivity contribution in [1.82, 2.24) is 0 Å². The number of fused-ring (bicyclic) bond motifs is 1. The van der Waals surface area contributed by atoms with Crippen LogP contribution in [0.5, 0.6) is 0 Å². The number of aliphatic hydroxyl groups excluding tert-OH is 2. The van der Waals surface area contributed by atoms with Crippen LogP contribution in [0.25, 0.3) is 11.0 Å². The summed E-state index contributed by atoms with van der Waals surface area (Å²) in [6.45, 7) is 0. The van der Waals surface area contributed by atoms with Crippen molar-refractivity contribution >= 4 is 16.9 Å². The Morgan fingerprint density at radius 3 is 2.69 bits per heavy atom. The molecule has 16 heavy (non-hydrogen) atoms. The maximum Gasteiger partial charge on any atom is 0.249 e. The van der Waals surface area contributed by atoms with Crippen LogP contribution in [0, 0.1) is 0 Å². The standard InChI is InChI=1S/C11H11NO4/c12-11(15)10(14)9(13)7-5-16-8-4-2-1-3-6(7)8/h1-5,9-10,13-14H,(H2,12,15). The minimum atomic E-state index is -1.64. The van der Waals surface area contributed by atoms with E-state index in [2.05, 4.69) is 0 Å². The lowest BCUT2D eigenvalue weighted by atomic mass is 10.0. The number of hydrogen-bond donors (Lipinski definition) is 3. The number of carbonyl (C=O) groups excluding carboxylic acids is 1. The number of furan rings is 1. The van der Waals surface area contributed by atoms with Gasteiger partial charge < -0.3 is 20.4 Å². The molecule has 1 amide bonds. The van der Waals surface area contributed by atoms with E-state index in [9.17, 15) is 15.0 Å². The number of hydrogen-bond acceptors (Lipinski definition) is 4. The quantitative estimate of drug-likeness (QED) is 0.695.